The fourth-order valence-corrected chi connectivity index (χ4v) is 5.66. The first-order valence-corrected chi connectivity index (χ1v) is 18.5. The number of nitrogens with zero attached hydrogens (tertiary/aromatic N) is 3. The highest BCUT2D eigenvalue weighted by Crippen LogP contribution is 2.18. The van der Waals surface area contributed by atoms with Crippen molar-refractivity contribution >= 4 is 15.9 Å². The molecule has 0 saturated heterocycles. The monoisotopic (exact) mass is 636 g/mol. The number of amides is 1. The van der Waals surface area contributed by atoms with Crippen LogP contribution in [-0.4, -0.2) is 74.7 Å². The van der Waals surface area contributed by atoms with Crippen LogP contribution < -0.4 is 0 Å². The zero-order valence-corrected chi connectivity index (χ0v) is 31.3. The van der Waals surface area contributed by atoms with Gasteiger partial charge in [0.05, 0.1) is 11.3 Å². The zero-order valence-electron chi connectivity index (χ0n) is 30.4. The maximum atomic E-state index is 13.4. The van der Waals surface area contributed by atoms with E-state index in [1.165, 1.54) is 4.31 Å². The lowest BCUT2D eigenvalue weighted by molar-refractivity contribution is -0.133. The molecule has 1 aromatic carbocycles. The van der Waals surface area contributed by atoms with Crippen molar-refractivity contribution in [2.45, 2.75) is 125 Å². The molecule has 0 radical (unpaired) electrons. The summed E-state index contributed by atoms with van der Waals surface area (Å²) in [6.45, 7) is 25.1. The molecule has 0 fully saturated rings. The molecule has 1 rings (SSSR count). The molecule has 0 aliphatic rings. The Hall–Kier alpha value is -2.22. The van der Waals surface area contributed by atoms with E-state index in [4.69, 9.17) is 0 Å². The van der Waals surface area contributed by atoms with Crippen LogP contribution in [0.3, 0.4) is 0 Å². The van der Waals surface area contributed by atoms with Gasteiger partial charge in [-0.1, -0.05) is 124 Å². The predicted molar refractivity (Wildman–Crippen MR) is 195 cm³/mol. The number of hydrogen-bond acceptors (Lipinski definition) is 4. The Morgan fingerprint density at radius 3 is 2.02 bits per heavy atom. The second-order valence-electron chi connectivity index (χ2n) is 10.3. The molecule has 0 heterocycles. The minimum atomic E-state index is -3.54. The lowest BCUT2D eigenvalue weighted by Gasteiger charge is -2.34. The summed E-state index contributed by atoms with van der Waals surface area (Å²) < 4.78 is 27.1. The van der Waals surface area contributed by atoms with Crippen molar-refractivity contribution in [3.63, 3.8) is 0 Å². The quantitative estimate of drug-likeness (QED) is 0.112. The van der Waals surface area contributed by atoms with Crippen LogP contribution in [0.5, 0.6) is 0 Å². The molecule has 0 aliphatic carbocycles. The molecule has 0 N–H and O–H groups in total. The first kappa shape index (κ1) is 46.2. The van der Waals surface area contributed by atoms with E-state index in [2.05, 4.69) is 39.3 Å². The number of carbonyl (C=O) groups excluding carboxylic acids is 1. The molecule has 1 amide bonds. The third-order valence-electron chi connectivity index (χ3n) is 6.70. The number of rotatable bonds is 19. The van der Waals surface area contributed by atoms with Gasteiger partial charge in [-0.25, -0.2) is 12.7 Å². The van der Waals surface area contributed by atoms with Crippen molar-refractivity contribution in [3.05, 3.63) is 66.8 Å². The first-order chi connectivity index (χ1) is 21.1. The number of carbonyl (C=O) groups is 1. The largest absolute Gasteiger partial charge is 0.338 e. The normalized spacial score (nSPS) is 11.8. The van der Waals surface area contributed by atoms with Gasteiger partial charge in [0.15, 0.2) is 0 Å². The maximum absolute atomic E-state index is 13.4. The van der Waals surface area contributed by atoms with Gasteiger partial charge in [-0.2, -0.15) is 0 Å². The van der Waals surface area contributed by atoms with Gasteiger partial charge in [-0.15, -0.1) is 0 Å². The van der Waals surface area contributed by atoms with E-state index >= 15 is 0 Å². The van der Waals surface area contributed by atoms with Crippen LogP contribution in [0.25, 0.3) is 0 Å². The lowest BCUT2D eigenvalue weighted by atomic mass is 10.1. The van der Waals surface area contributed by atoms with Crippen molar-refractivity contribution in [3.8, 4) is 0 Å². The van der Waals surface area contributed by atoms with Gasteiger partial charge < -0.3 is 9.80 Å². The molecule has 44 heavy (non-hydrogen) atoms. The molecule has 1 aromatic rings. The van der Waals surface area contributed by atoms with E-state index in [0.717, 1.165) is 70.1 Å². The summed E-state index contributed by atoms with van der Waals surface area (Å²) in [6, 6.07) is 7.05. The Kier molecular flexibility index (Phi) is 32.3. The van der Waals surface area contributed by atoms with Gasteiger partial charge in [0.1, 0.15) is 0 Å². The molecular formula is C37H69N3O3S. The van der Waals surface area contributed by atoms with E-state index in [0.29, 0.717) is 6.54 Å². The van der Waals surface area contributed by atoms with Gasteiger partial charge in [-0.3, -0.25) is 4.79 Å². The van der Waals surface area contributed by atoms with E-state index in [9.17, 15) is 13.2 Å². The van der Waals surface area contributed by atoms with E-state index < -0.39 is 10.0 Å². The van der Waals surface area contributed by atoms with Crippen LogP contribution in [-0.2, 0) is 21.2 Å². The molecule has 0 unspecified atom stereocenters. The topological polar surface area (TPSA) is 60.9 Å². The Morgan fingerprint density at radius 2 is 1.50 bits per heavy atom. The molecule has 0 aliphatic heterocycles. The fraction of sp³-hybridized carbons (Fsp3) is 0.649. The molecule has 0 spiro atoms. The van der Waals surface area contributed by atoms with Crippen molar-refractivity contribution < 1.29 is 13.2 Å². The van der Waals surface area contributed by atoms with Gasteiger partial charge in [0, 0.05) is 32.7 Å². The standard InChI is InChI=1S/C26H47N3O3S.C7H10.2C2H6/c1-7-11-13-19-29(24(10-4)22-27(5)18-12-8-2)26(30)21-23-15-14-16-25(20-23)33(31,32)28(6)17-9-3;1-3-5-7-6-4-2;2*1-2/h14-16,20,24H,7-13,17-19,21-22H2,1-6H3;3-7H,1H2,2H3;2*1-2H3/b;6-4-,7-5-;;/t24-;;;/m0.../s1. The summed E-state index contributed by atoms with van der Waals surface area (Å²) in [4.78, 5) is 18.1. The molecule has 7 heteroatoms. The third kappa shape index (κ3) is 20.7. The Balaban J connectivity index is -0.00000132. The number of unbranched alkanes of at least 4 members (excludes halogenated alkanes) is 3. The summed E-state index contributed by atoms with van der Waals surface area (Å²) >= 11 is 0. The molecule has 6 nitrogen and oxygen atoms in total. The molecule has 0 bridgehead atoms. The third-order valence-corrected chi connectivity index (χ3v) is 8.55. The number of allylic oxidation sites excluding steroid dienone is 5. The number of benzene rings is 1. The highest BCUT2D eigenvalue weighted by molar-refractivity contribution is 7.89. The SMILES string of the molecule is C=C/C=C\C=C/C.CC.CC.CCCCCN(C(=O)Cc1cccc(S(=O)(=O)N(C)CCC)c1)[C@@H](CC)CN(C)CCCC. The predicted octanol–water partition coefficient (Wildman–Crippen LogP) is 9.15. The second-order valence-corrected chi connectivity index (χ2v) is 12.3. The van der Waals surface area contributed by atoms with Crippen LogP contribution in [0.15, 0.2) is 66.1 Å². The smallest absolute Gasteiger partial charge is 0.242 e. The first-order valence-electron chi connectivity index (χ1n) is 17.1. The summed E-state index contributed by atoms with van der Waals surface area (Å²) in [7, 11) is 0.196. The molecular weight excluding hydrogens is 566 g/mol. The van der Waals surface area contributed by atoms with Crippen LogP contribution in [0.1, 0.15) is 113 Å². The second kappa shape index (κ2) is 30.8. The van der Waals surface area contributed by atoms with Gasteiger partial charge in [0.2, 0.25) is 15.9 Å². The Labute approximate surface area is 274 Å². The van der Waals surface area contributed by atoms with Crippen LogP contribution >= 0.6 is 0 Å². The highest BCUT2D eigenvalue weighted by atomic mass is 32.2. The van der Waals surface area contributed by atoms with Crippen molar-refractivity contribution in [1.82, 2.24) is 14.1 Å². The average Bonchev–Trinajstić information content (AvgIpc) is 3.04. The number of likely N-dealkylation sites (N-methyl/N-ethyl adjacent to an activating group) is 1. The van der Waals surface area contributed by atoms with Crippen LogP contribution in [0.2, 0.25) is 0 Å². The van der Waals surface area contributed by atoms with E-state index in [1.54, 1.807) is 31.3 Å². The minimum absolute atomic E-state index is 0.0818. The van der Waals surface area contributed by atoms with Crippen LogP contribution in [0.4, 0.5) is 0 Å². The molecule has 0 aromatic heterocycles. The number of hydrogen-bond donors (Lipinski definition) is 0. The number of sulfonamides is 1. The lowest BCUT2D eigenvalue weighted by Crippen LogP contribution is -2.47. The summed E-state index contributed by atoms with van der Waals surface area (Å²) in [6.07, 6.45) is 16.9. The highest BCUT2D eigenvalue weighted by Gasteiger charge is 2.25. The fourth-order valence-electron chi connectivity index (χ4n) is 4.33. The zero-order chi connectivity index (χ0) is 34.4. The Bertz CT molecular complexity index is 989. The maximum Gasteiger partial charge on any atom is 0.242 e. The average molecular weight is 636 g/mol. The van der Waals surface area contributed by atoms with Gasteiger partial charge in [0.25, 0.3) is 0 Å². The Morgan fingerprint density at radius 1 is 0.864 bits per heavy atom. The molecule has 1 atom stereocenters. The minimum Gasteiger partial charge on any atom is -0.338 e. The van der Waals surface area contributed by atoms with Crippen molar-refractivity contribution in [2.24, 2.45) is 0 Å². The molecule has 256 valence electrons. The van der Waals surface area contributed by atoms with E-state index in [-0.39, 0.29) is 23.3 Å². The summed E-state index contributed by atoms with van der Waals surface area (Å²) in [5.74, 6) is 0.0818. The summed E-state index contributed by atoms with van der Waals surface area (Å²) in [5, 5.41) is 0. The van der Waals surface area contributed by atoms with Crippen LogP contribution in [0, 0.1) is 0 Å². The van der Waals surface area contributed by atoms with E-state index in [1.807, 2.05) is 76.8 Å². The van der Waals surface area contributed by atoms with Crippen molar-refractivity contribution in [2.75, 3.05) is 40.3 Å². The van der Waals surface area contributed by atoms with Gasteiger partial charge in [-0.05, 0) is 63.9 Å². The summed E-state index contributed by atoms with van der Waals surface area (Å²) in [5.41, 5.74) is 0.751. The van der Waals surface area contributed by atoms with Crippen molar-refractivity contribution in [1.29, 1.82) is 0 Å². The molecule has 0 saturated carbocycles. The van der Waals surface area contributed by atoms with Gasteiger partial charge >= 0.3 is 0 Å².